The molecule has 0 heterocycles. The van der Waals surface area contributed by atoms with E-state index in [9.17, 15) is 8.42 Å². The van der Waals surface area contributed by atoms with Crippen molar-refractivity contribution in [3.63, 3.8) is 0 Å². The van der Waals surface area contributed by atoms with Gasteiger partial charge < -0.3 is 10.8 Å². The molecule has 0 saturated heterocycles. The lowest BCUT2D eigenvalue weighted by Crippen LogP contribution is -2.45. The van der Waals surface area contributed by atoms with Crippen molar-refractivity contribution in [3.8, 4) is 0 Å². The molecular weight excluding hydrogens is 190 g/mol. The fourth-order valence-corrected chi connectivity index (χ4v) is 2.83. The minimum atomic E-state index is -3.19. The molecule has 4 nitrogen and oxygen atoms in total. The van der Waals surface area contributed by atoms with E-state index in [2.05, 4.69) is 0 Å². The highest BCUT2D eigenvalue weighted by molar-refractivity contribution is 7.92. The minimum Gasteiger partial charge on any atom is -0.395 e. The molecule has 0 aromatic carbocycles. The summed E-state index contributed by atoms with van der Waals surface area (Å²) in [6.07, 6.45) is 1.99. The monoisotopic (exact) mass is 207 g/mol. The Hall–Kier alpha value is -0.130. The van der Waals surface area contributed by atoms with Gasteiger partial charge in [0.2, 0.25) is 0 Å². The second-order valence-corrected chi connectivity index (χ2v) is 6.10. The van der Waals surface area contributed by atoms with Crippen LogP contribution in [0.25, 0.3) is 0 Å². The third-order valence-electron chi connectivity index (χ3n) is 2.64. The lowest BCUT2D eigenvalue weighted by molar-refractivity contribution is 0.271. The predicted molar refractivity (Wildman–Crippen MR) is 51.0 cm³/mol. The van der Waals surface area contributed by atoms with E-state index < -0.39 is 15.1 Å². The van der Waals surface area contributed by atoms with Crippen LogP contribution in [0.15, 0.2) is 0 Å². The lowest BCUT2D eigenvalue weighted by atomic mass is 10.1. The van der Waals surface area contributed by atoms with E-state index in [1.54, 1.807) is 6.92 Å². The summed E-state index contributed by atoms with van der Waals surface area (Å²) in [5.41, 5.74) is 5.76. The lowest BCUT2D eigenvalue weighted by Gasteiger charge is -2.20. The standard InChI is InChI=1S/C8H17NO3S/c1-2-13(11,12)7(5-10)8(9)6-3-4-6/h6-8,10H,2-5,9H2,1H3/t7-,8-/m1/s1. The van der Waals surface area contributed by atoms with Gasteiger partial charge in [-0.3, -0.25) is 0 Å². The predicted octanol–water partition coefficient (Wildman–Crippen LogP) is -0.481. The van der Waals surface area contributed by atoms with Gasteiger partial charge in [0.05, 0.1) is 11.9 Å². The average molecular weight is 207 g/mol. The first-order valence-corrected chi connectivity index (χ1v) is 6.32. The fourth-order valence-electron chi connectivity index (χ4n) is 1.47. The van der Waals surface area contributed by atoms with Crippen LogP contribution in [0.1, 0.15) is 19.8 Å². The topological polar surface area (TPSA) is 80.4 Å². The Morgan fingerprint density at radius 1 is 1.54 bits per heavy atom. The van der Waals surface area contributed by atoms with Crippen molar-refractivity contribution in [2.45, 2.75) is 31.1 Å². The summed E-state index contributed by atoms with van der Waals surface area (Å²) in [7, 11) is -3.19. The minimum absolute atomic E-state index is 0.0542. The maximum absolute atomic E-state index is 11.5. The molecule has 3 N–H and O–H groups in total. The first-order valence-electron chi connectivity index (χ1n) is 4.61. The van der Waals surface area contributed by atoms with Crippen LogP contribution in [-0.4, -0.2) is 37.2 Å². The average Bonchev–Trinajstić information content (AvgIpc) is 2.87. The number of hydrogen-bond acceptors (Lipinski definition) is 4. The molecule has 0 bridgehead atoms. The first-order chi connectivity index (χ1) is 6.03. The summed E-state index contributed by atoms with van der Waals surface area (Å²) in [6, 6.07) is -0.380. The van der Waals surface area contributed by atoms with E-state index in [0.29, 0.717) is 5.92 Å². The van der Waals surface area contributed by atoms with E-state index in [1.807, 2.05) is 0 Å². The molecule has 0 aromatic rings. The van der Waals surface area contributed by atoms with E-state index in [0.717, 1.165) is 12.8 Å². The molecule has 1 aliphatic carbocycles. The van der Waals surface area contributed by atoms with Gasteiger partial charge in [-0.1, -0.05) is 6.92 Å². The Kier molecular flexibility index (Phi) is 3.32. The molecule has 5 heteroatoms. The molecule has 0 radical (unpaired) electrons. The van der Waals surface area contributed by atoms with Crippen molar-refractivity contribution in [3.05, 3.63) is 0 Å². The summed E-state index contributed by atoms with van der Waals surface area (Å²) in [5, 5.41) is 8.22. The van der Waals surface area contributed by atoms with Crippen LogP contribution in [0.4, 0.5) is 0 Å². The number of aliphatic hydroxyl groups is 1. The van der Waals surface area contributed by atoms with Gasteiger partial charge in [0.15, 0.2) is 9.84 Å². The molecule has 1 aliphatic rings. The van der Waals surface area contributed by atoms with Gasteiger partial charge in [-0.25, -0.2) is 8.42 Å². The second kappa shape index (κ2) is 3.94. The molecule has 2 atom stereocenters. The molecule has 0 amide bonds. The zero-order valence-corrected chi connectivity index (χ0v) is 8.63. The zero-order valence-electron chi connectivity index (χ0n) is 7.81. The third kappa shape index (κ3) is 2.42. The molecule has 0 aromatic heterocycles. The van der Waals surface area contributed by atoms with Crippen molar-refractivity contribution < 1.29 is 13.5 Å². The Bertz CT molecular complexity index is 259. The van der Waals surface area contributed by atoms with Crippen molar-refractivity contribution in [2.24, 2.45) is 11.7 Å². The van der Waals surface area contributed by atoms with Crippen LogP contribution in [0.2, 0.25) is 0 Å². The normalized spacial score (nSPS) is 22.7. The maximum atomic E-state index is 11.5. The van der Waals surface area contributed by atoms with Crippen molar-refractivity contribution in [2.75, 3.05) is 12.4 Å². The molecule has 1 fully saturated rings. The number of aliphatic hydroxyl groups excluding tert-OH is 1. The highest BCUT2D eigenvalue weighted by Crippen LogP contribution is 2.34. The van der Waals surface area contributed by atoms with Gasteiger partial charge in [0.25, 0.3) is 0 Å². The number of rotatable bonds is 5. The van der Waals surface area contributed by atoms with Crippen LogP contribution in [0.3, 0.4) is 0 Å². The van der Waals surface area contributed by atoms with Crippen molar-refractivity contribution >= 4 is 9.84 Å². The summed E-state index contributed by atoms with van der Waals surface area (Å²) >= 11 is 0. The van der Waals surface area contributed by atoms with Crippen molar-refractivity contribution in [1.29, 1.82) is 0 Å². The molecule has 1 saturated carbocycles. The third-order valence-corrected chi connectivity index (χ3v) is 4.83. The SMILES string of the molecule is CCS(=O)(=O)[C@H](CO)[C@H](N)C1CC1. The molecule has 13 heavy (non-hydrogen) atoms. The number of sulfone groups is 1. The Labute approximate surface area is 79.0 Å². The highest BCUT2D eigenvalue weighted by atomic mass is 32.2. The quantitative estimate of drug-likeness (QED) is 0.638. The summed E-state index contributed by atoms with van der Waals surface area (Å²) < 4.78 is 22.9. The van der Waals surface area contributed by atoms with Gasteiger partial charge in [0.1, 0.15) is 0 Å². The Balaban J connectivity index is 2.71. The maximum Gasteiger partial charge on any atom is 0.156 e. The zero-order chi connectivity index (χ0) is 10.1. The Morgan fingerprint density at radius 2 is 2.08 bits per heavy atom. The van der Waals surface area contributed by atoms with Gasteiger partial charge in [0, 0.05) is 11.8 Å². The van der Waals surface area contributed by atoms with E-state index >= 15 is 0 Å². The largest absolute Gasteiger partial charge is 0.395 e. The highest BCUT2D eigenvalue weighted by Gasteiger charge is 2.39. The first kappa shape index (κ1) is 10.9. The van der Waals surface area contributed by atoms with E-state index in [4.69, 9.17) is 10.8 Å². The van der Waals surface area contributed by atoms with Gasteiger partial charge in [-0.2, -0.15) is 0 Å². The Morgan fingerprint density at radius 3 is 2.38 bits per heavy atom. The fraction of sp³-hybridized carbons (Fsp3) is 1.00. The summed E-state index contributed by atoms with van der Waals surface area (Å²) in [4.78, 5) is 0. The molecule has 0 spiro atoms. The van der Waals surface area contributed by atoms with E-state index in [-0.39, 0.29) is 18.4 Å². The van der Waals surface area contributed by atoms with Crippen LogP contribution < -0.4 is 5.73 Å². The molecule has 0 aliphatic heterocycles. The smallest absolute Gasteiger partial charge is 0.156 e. The number of hydrogen-bond donors (Lipinski definition) is 2. The van der Waals surface area contributed by atoms with Gasteiger partial charge >= 0.3 is 0 Å². The molecule has 78 valence electrons. The van der Waals surface area contributed by atoms with E-state index in [1.165, 1.54) is 0 Å². The number of nitrogens with two attached hydrogens (primary N) is 1. The molecule has 0 unspecified atom stereocenters. The summed E-state index contributed by atoms with van der Waals surface area (Å²) in [5.74, 6) is 0.358. The second-order valence-electron chi connectivity index (χ2n) is 3.59. The molecule has 1 rings (SSSR count). The van der Waals surface area contributed by atoms with Crippen LogP contribution in [0.5, 0.6) is 0 Å². The van der Waals surface area contributed by atoms with Gasteiger partial charge in [-0.15, -0.1) is 0 Å². The van der Waals surface area contributed by atoms with Crippen LogP contribution in [-0.2, 0) is 9.84 Å². The van der Waals surface area contributed by atoms with Crippen LogP contribution >= 0.6 is 0 Å². The van der Waals surface area contributed by atoms with Crippen molar-refractivity contribution in [1.82, 2.24) is 0 Å². The molecular formula is C8H17NO3S. The summed E-state index contributed by atoms with van der Waals surface area (Å²) in [6.45, 7) is 1.23. The van der Waals surface area contributed by atoms with Gasteiger partial charge in [-0.05, 0) is 18.8 Å². The van der Waals surface area contributed by atoms with Crippen LogP contribution in [0, 0.1) is 5.92 Å².